The molecule has 0 aliphatic carbocycles. The maximum atomic E-state index is 12.4. The van der Waals surface area contributed by atoms with Crippen molar-refractivity contribution < 1.29 is 14.7 Å². The van der Waals surface area contributed by atoms with Gasteiger partial charge in [-0.05, 0) is 24.3 Å². The van der Waals surface area contributed by atoms with Gasteiger partial charge in [0.25, 0.3) is 0 Å². The Morgan fingerprint density at radius 3 is 2.79 bits per heavy atom. The zero-order valence-electron chi connectivity index (χ0n) is 13.9. The minimum atomic E-state index is -0.136. The van der Waals surface area contributed by atoms with E-state index in [0.717, 1.165) is 24.9 Å². The maximum Gasteiger partial charge on any atom is 0.317 e. The molecule has 2 fully saturated rings. The molecule has 2 saturated heterocycles. The topological polar surface area (TPSA) is 72.9 Å². The first-order chi connectivity index (χ1) is 11.7. The second kappa shape index (κ2) is 7.66. The van der Waals surface area contributed by atoms with Crippen LogP contribution in [0.4, 0.5) is 4.79 Å². The average Bonchev–Trinajstić information content (AvgIpc) is 2.95. The van der Waals surface area contributed by atoms with Crippen LogP contribution >= 0.6 is 0 Å². The van der Waals surface area contributed by atoms with Crippen LogP contribution in [-0.2, 0) is 11.3 Å². The number of nitrogens with one attached hydrogen (secondary N) is 1. The monoisotopic (exact) mass is 331 g/mol. The number of rotatable bonds is 4. The van der Waals surface area contributed by atoms with E-state index in [9.17, 15) is 14.7 Å². The Morgan fingerprint density at radius 1 is 1.25 bits per heavy atom. The van der Waals surface area contributed by atoms with E-state index in [4.69, 9.17) is 0 Å². The molecule has 2 unspecified atom stereocenters. The molecule has 2 N–H and O–H groups in total. The highest BCUT2D eigenvalue weighted by Crippen LogP contribution is 2.18. The van der Waals surface area contributed by atoms with Crippen LogP contribution in [0.5, 0.6) is 0 Å². The standard InChI is InChI=1S/C18H25N3O3/c22-13-15-7-4-8-20(11-15)18(24)19-16-9-17(23)21(12-16)10-14-5-2-1-3-6-14/h1-3,5-6,15-16,22H,4,7-13H2,(H,19,24). The molecule has 1 aromatic carbocycles. The number of nitrogens with zero attached hydrogens (tertiary/aromatic N) is 2. The predicted molar refractivity (Wildman–Crippen MR) is 90.2 cm³/mol. The van der Waals surface area contributed by atoms with Crippen molar-refractivity contribution in [2.45, 2.75) is 31.8 Å². The number of benzene rings is 1. The number of amides is 3. The van der Waals surface area contributed by atoms with Crippen molar-refractivity contribution in [3.63, 3.8) is 0 Å². The second-order valence-electron chi connectivity index (χ2n) is 6.75. The Hall–Kier alpha value is -2.08. The third-order valence-electron chi connectivity index (χ3n) is 4.82. The van der Waals surface area contributed by atoms with E-state index in [-0.39, 0.29) is 30.5 Å². The molecule has 0 saturated carbocycles. The van der Waals surface area contributed by atoms with Gasteiger partial charge in [-0.25, -0.2) is 4.79 Å². The van der Waals surface area contributed by atoms with Gasteiger partial charge in [-0.15, -0.1) is 0 Å². The lowest BCUT2D eigenvalue weighted by molar-refractivity contribution is -0.128. The second-order valence-corrected chi connectivity index (χ2v) is 6.75. The van der Waals surface area contributed by atoms with E-state index in [1.54, 1.807) is 9.80 Å². The molecule has 130 valence electrons. The predicted octanol–water partition coefficient (Wildman–Crippen LogP) is 1.20. The summed E-state index contributed by atoms with van der Waals surface area (Å²) in [5.41, 5.74) is 1.10. The van der Waals surface area contributed by atoms with Gasteiger partial charge in [-0.1, -0.05) is 30.3 Å². The van der Waals surface area contributed by atoms with Crippen LogP contribution in [0.25, 0.3) is 0 Å². The molecule has 24 heavy (non-hydrogen) atoms. The molecular weight excluding hydrogens is 306 g/mol. The van der Waals surface area contributed by atoms with Crippen molar-refractivity contribution in [2.24, 2.45) is 5.92 Å². The first kappa shape index (κ1) is 16.8. The van der Waals surface area contributed by atoms with E-state index in [2.05, 4.69) is 5.32 Å². The smallest absolute Gasteiger partial charge is 0.317 e. The van der Waals surface area contributed by atoms with Crippen molar-refractivity contribution >= 4 is 11.9 Å². The highest BCUT2D eigenvalue weighted by molar-refractivity contribution is 5.81. The summed E-state index contributed by atoms with van der Waals surface area (Å²) in [5, 5.41) is 12.3. The lowest BCUT2D eigenvalue weighted by atomic mass is 9.99. The summed E-state index contributed by atoms with van der Waals surface area (Å²) in [7, 11) is 0. The van der Waals surface area contributed by atoms with E-state index in [1.807, 2.05) is 30.3 Å². The molecule has 0 aromatic heterocycles. The molecule has 2 aliphatic rings. The molecule has 0 radical (unpaired) electrons. The van der Waals surface area contributed by atoms with E-state index in [0.29, 0.717) is 26.1 Å². The van der Waals surface area contributed by atoms with Gasteiger partial charge in [0.2, 0.25) is 5.91 Å². The van der Waals surface area contributed by atoms with Crippen molar-refractivity contribution in [1.82, 2.24) is 15.1 Å². The number of urea groups is 1. The van der Waals surface area contributed by atoms with Crippen LogP contribution in [0, 0.1) is 5.92 Å². The van der Waals surface area contributed by atoms with Gasteiger partial charge in [0.1, 0.15) is 0 Å². The molecule has 3 amide bonds. The zero-order valence-corrected chi connectivity index (χ0v) is 13.9. The summed E-state index contributed by atoms with van der Waals surface area (Å²) in [4.78, 5) is 28.1. The normalized spacial score (nSPS) is 24.3. The van der Waals surface area contributed by atoms with Gasteiger partial charge in [0.05, 0.1) is 6.04 Å². The third-order valence-corrected chi connectivity index (χ3v) is 4.82. The number of carbonyl (C=O) groups excluding carboxylic acids is 2. The quantitative estimate of drug-likeness (QED) is 0.871. The molecule has 3 rings (SSSR count). The summed E-state index contributed by atoms with van der Waals surface area (Å²) in [5.74, 6) is 0.250. The van der Waals surface area contributed by atoms with Crippen molar-refractivity contribution in [1.29, 1.82) is 0 Å². The fraction of sp³-hybridized carbons (Fsp3) is 0.556. The van der Waals surface area contributed by atoms with Gasteiger partial charge in [-0.3, -0.25) is 4.79 Å². The first-order valence-corrected chi connectivity index (χ1v) is 8.63. The van der Waals surface area contributed by atoms with Crippen LogP contribution < -0.4 is 5.32 Å². The largest absolute Gasteiger partial charge is 0.396 e. The Labute approximate surface area is 142 Å². The van der Waals surface area contributed by atoms with Crippen LogP contribution in [0.3, 0.4) is 0 Å². The first-order valence-electron chi connectivity index (χ1n) is 8.63. The Morgan fingerprint density at radius 2 is 2.04 bits per heavy atom. The molecule has 1 aromatic rings. The lowest BCUT2D eigenvalue weighted by Gasteiger charge is -2.32. The van der Waals surface area contributed by atoms with Gasteiger partial charge >= 0.3 is 6.03 Å². The van der Waals surface area contributed by atoms with Gasteiger partial charge in [0, 0.05) is 39.2 Å². The van der Waals surface area contributed by atoms with Gasteiger partial charge in [-0.2, -0.15) is 0 Å². The highest BCUT2D eigenvalue weighted by Gasteiger charge is 2.32. The number of aliphatic hydroxyl groups is 1. The SMILES string of the molecule is O=C1CC(NC(=O)N2CCCC(CO)C2)CN1Cc1ccccc1. The number of aliphatic hydroxyl groups excluding tert-OH is 1. The molecule has 6 nitrogen and oxygen atoms in total. The zero-order chi connectivity index (χ0) is 16.9. The van der Waals surface area contributed by atoms with E-state index in [1.165, 1.54) is 0 Å². The van der Waals surface area contributed by atoms with E-state index < -0.39 is 0 Å². The van der Waals surface area contributed by atoms with Crippen molar-refractivity contribution in [3.8, 4) is 0 Å². The highest BCUT2D eigenvalue weighted by atomic mass is 16.3. The molecule has 6 heteroatoms. The van der Waals surface area contributed by atoms with Crippen LogP contribution in [-0.4, -0.2) is 59.1 Å². The molecule has 2 aliphatic heterocycles. The number of piperidine rings is 1. The number of carbonyl (C=O) groups is 2. The number of hydrogen-bond donors (Lipinski definition) is 2. The number of hydrogen-bond acceptors (Lipinski definition) is 3. The summed E-state index contributed by atoms with van der Waals surface area (Å²) >= 11 is 0. The Kier molecular flexibility index (Phi) is 5.35. The molecule has 0 bridgehead atoms. The maximum absolute atomic E-state index is 12.4. The van der Waals surface area contributed by atoms with Crippen molar-refractivity contribution in [2.75, 3.05) is 26.2 Å². The molecular formula is C18H25N3O3. The molecule has 2 atom stereocenters. The van der Waals surface area contributed by atoms with Gasteiger partial charge < -0.3 is 20.2 Å². The minimum Gasteiger partial charge on any atom is -0.396 e. The van der Waals surface area contributed by atoms with Crippen LogP contribution in [0.1, 0.15) is 24.8 Å². The molecule has 2 heterocycles. The minimum absolute atomic E-state index is 0.0797. The Balaban J connectivity index is 1.51. The Bertz CT molecular complexity index is 578. The number of likely N-dealkylation sites (tertiary alicyclic amines) is 2. The van der Waals surface area contributed by atoms with Crippen molar-refractivity contribution in [3.05, 3.63) is 35.9 Å². The lowest BCUT2D eigenvalue weighted by Crippen LogP contribution is -2.49. The van der Waals surface area contributed by atoms with Crippen LogP contribution in [0.15, 0.2) is 30.3 Å². The summed E-state index contributed by atoms with van der Waals surface area (Å²) in [6, 6.07) is 9.63. The van der Waals surface area contributed by atoms with Gasteiger partial charge in [0.15, 0.2) is 0 Å². The summed E-state index contributed by atoms with van der Waals surface area (Å²) < 4.78 is 0. The molecule has 0 spiro atoms. The summed E-state index contributed by atoms with van der Waals surface area (Å²) in [6.45, 7) is 2.57. The summed E-state index contributed by atoms with van der Waals surface area (Å²) in [6.07, 6.45) is 2.24. The fourth-order valence-corrected chi connectivity index (χ4v) is 3.49. The average molecular weight is 331 g/mol. The van der Waals surface area contributed by atoms with Crippen LogP contribution in [0.2, 0.25) is 0 Å². The fourth-order valence-electron chi connectivity index (χ4n) is 3.49. The van der Waals surface area contributed by atoms with E-state index >= 15 is 0 Å². The third kappa shape index (κ3) is 4.06.